The SMILES string of the molecule is CC(C)C[C@H](C)/C(F)=C/[C@H](Cc1ccccc1)C(=O)N1CCC[C@H]1C(=O)C[C@H](C(=O)NC(CCCNC(=O)OCc1ccccc1)C(=O)CC1CC(C)(C)N(O)C(C)(C)C1)C(C)C. The van der Waals surface area contributed by atoms with Crippen LogP contribution in [0.25, 0.3) is 0 Å². The Morgan fingerprint density at radius 2 is 1.51 bits per heavy atom. The van der Waals surface area contributed by atoms with Gasteiger partial charge >= 0.3 is 6.09 Å². The maximum atomic E-state index is 15.7. The van der Waals surface area contributed by atoms with Gasteiger partial charge in [-0.25, -0.2) is 9.18 Å². The second kappa shape index (κ2) is 23.5. The molecule has 12 heteroatoms. The van der Waals surface area contributed by atoms with E-state index in [-0.39, 0.29) is 79.4 Å². The highest BCUT2D eigenvalue weighted by Crippen LogP contribution is 2.41. The number of nitrogens with zero attached hydrogens (tertiary/aromatic N) is 2. The molecule has 0 bridgehead atoms. The molecule has 2 heterocycles. The highest BCUT2D eigenvalue weighted by atomic mass is 19.1. The Bertz CT molecular complexity index is 1830. The van der Waals surface area contributed by atoms with Crippen LogP contribution in [0.5, 0.6) is 0 Å². The first-order valence-corrected chi connectivity index (χ1v) is 23.2. The number of hydrogen-bond donors (Lipinski definition) is 3. The van der Waals surface area contributed by atoms with E-state index in [0.29, 0.717) is 51.5 Å². The summed E-state index contributed by atoms with van der Waals surface area (Å²) in [6.07, 6.45) is 4.73. The number of Topliss-reactive ketones (excluding diaryl/α,β-unsaturated/α-hetero) is 2. The van der Waals surface area contributed by atoms with Crippen molar-refractivity contribution in [2.45, 2.75) is 156 Å². The van der Waals surface area contributed by atoms with Gasteiger partial charge in [0.25, 0.3) is 0 Å². The average molecular weight is 875 g/mol. The van der Waals surface area contributed by atoms with Crippen molar-refractivity contribution in [3.63, 3.8) is 0 Å². The first-order valence-electron chi connectivity index (χ1n) is 23.2. The van der Waals surface area contributed by atoms with Gasteiger partial charge in [0.2, 0.25) is 11.8 Å². The number of hydroxylamine groups is 2. The summed E-state index contributed by atoms with van der Waals surface area (Å²) in [5.74, 6) is -3.37. The van der Waals surface area contributed by atoms with Gasteiger partial charge in [0.1, 0.15) is 6.61 Å². The fourth-order valence-corrected chi connectivity index (χ4v) is 9.74. The Hall–Kier alpha value is -4.42. The quantitative estimate of drug-likeness (QED) is 0.0993. The van der Waals surface area contributed by atoms with Crippen molar-refractivity contribution in [2.24, 2.45) is 35.5 Å². The summed E-state index contributed by atoms with van der Waals surface area (Å²) in [6, 6.07) is 17.2. The summed E-state index contributed by atoms with van der Waals surface area (Å²) in [4.78, 5) is 71.1. The largest absolute Gasteiger partial charge is 0.445 e. The molecule has 3 N–H and O–H groups in total. The number of likely N-dealkylation sites (tertiary alicyclic amines) is 1. The molecule has 0 saturated carbocycles. The molecule has 1 unspecified atom stereocenters. The molecule has 63 heavy (non-hydrogen) atoms. The fraction of sp³-hybridized carbons (Fsp3) is 0.627. The van der Waals surface area contributed by atoms with Crippen LogP contribution in [0, 0.1) is 35.5 Å². The molecule has 2 aliphatic heterocycles. The zero-order valence-corrected chi connectivity index (χ0v) is 39.3. The number of hydrogen-bond acceptors (Lipinski definition) is 8. The number of amides is 3. The lowest BCUT2D eigenvalue weighted by atomic mass is 9.73. The van der Waals surface area contributed by atoms with Gasteiger partial charge in [0.05, 0.1) is 23.8 Å². The van der Waals surface area contributed by atoms with Crippen LogP contribution in [0.4, 0.5) is 9.18 Å². The Kier molecular flexibility index (Phi) is 19.1. The minimum atomic E-state index is -0.877. The molecule has 0 aliphatic carbocycles. The number of benzene rings is 2. The summed E-state index contributed by atoms with van der Waals surface area (Å²) < 4.78 is 21.0. The van der Waals surface area contributed by atoms with Crippen molar-refractivity contribution in [1.29, 1.82) is 0 Å². The number of ether oxygens (including phenoxy) is 1. The molecule has 0 radical (unpaired) electrons. The Labute approximate surface area is 375 Å². The van der Waals surface area contributed by atoms with E-state index in [1.807, 2.05) is 123 Å². The van der Waals surface area contributed by atoms with Crippen molar-refractivity contribution < 1.29 is 38.3 Å². The van der Waals surface area contributed by atoms with Gasteiger partial charge in [-0.3, -0.25) is 19.2 Å². The monoisotopic (exact) mass is 875 g/mol. The molecule has 2 aromatic rings. The van der Waals surface area contributed by atoms with Crippen LogP contribution in [-0.2, 0) is 36.9 Å². The van der Waals surface area contributed by atoms with Gasteiger partial charge in [-0.2, -0.15) is 5.06 Å². The summed E-state index contributed by atoms with van der Waals surface area (Å²) in [5, 5.41) is 18.0. The van der Waals surface area contributed by atoms with E-state index in [2.05, 4.69) is 10.6 Å². The molecule has 3 amide bonds. The normalized spacial score (nSPS) is 19.9. The van der Waals surface area contributed by atoms with E-state index in [4.69, 9.17) is 4.74 Å². The molecule has 348 valence electrons. The van der Waals surface area contributed by atoms with Crippen molar-refractivity contribution in [3.05, 3.63) is 83.7 Å². The maximum Gasteiger partial charge on any atom is 0.407 e. The van der Waals surface area contributed by atoms with Crippen LogP contribution >= 0.6 is 0 Å². The first kappa shape index (κ1) is 51.2. The van der Waals surface area contributed by atoms with Crippen LogP contribution in [0.3, 0.4) is 0 Å². The smallest absolute Gasteiger partial charge is 0.407 e. The van der Waals surface area contributed by atoms with Gasteiger partial charge in [-0.1, -0.05) is 95.3 Å². The average Bonchev–Trinajstić information content (AvgIpc) is 3.72. The number of alkyl carbamates (subject to hydrolysis) is 1. The highest BCUT2D eigenvalue weighted by Gasteiger charge is 2.46. The lowest BCUT2D eigenvalue weighted by Crippen LogP contribution is -2.59. The Balaban J connectivity index is 1.48. The summed E-state index contributed by atoms with van der Waals surface area (Å²) in [7, 11) is 0. The number of rotatable bonds is 22. The maximum absolute atomic E-state index is 15.7. The molecular weight excluding hydrogens is 800 g/mol. The van der Waals surface area contributed by atoms with Crippen LogP contribution in [0.1, 0.15) is 131 Å². The third-order valence-corrected chi connectivity index (χ3v) is 12.8. The second-order valence-electron chi connectivity index (χ2n) is 20.2. The molecule has 11 nitrogen and oxygen atoms in total. The number of ketones is 2. The van der Waals surface area contributed by atoms with Gasteiger partial charge in [0, 0.05) is 48.8 Å². The zero-order valence-electron chi connectivity index (χ0n) is 39.3. The van der Waals surface area contributed by atoms with Gasteiger partial charge in [-0.05, 0) is 114 Å². The molecule has 2 saturated heterocycles. The number of allylic oxidation sites excluding steroid dienone is 1. The zero-order chi connectivity index (χ0) is 46.5. The first-order chi connectivity index (χ1) is 29.7. The third kappa shape index (κ3) is 15.4. The minimum absolute atomic E-state index is 0.0443. The lowest BCUT2D eigenvalue weighted by molar-refractivity contribution is -0.251. The Morgan fingerprint density at radius 3 is 2.10 bits per heavy atom. The number of nitrogens with one attached hydrogen (secondary N) is 2. The fourth-order valence-electron chi connectivity index (χ4n) is 9.74. The molecule has 5 atom stereocenters. The van der Waals surface area contributed by atoms with Crippen LogP contribution in [0.15, 0.2) is 72.6 Å². The predicted molar refractivity (Wildman–Crippen MR) is 244 cm³/mol. The van der Waals surface area contributed by atoms with E-state index >= 15 is 4.39 Å². The van der Waals surface area contributed by atoms with Gasteiger partial charge < -0.3 is 25.5 Å². The summed E-state index contributed by atoms with van der Waals surface area (Å²) >= 11 is 0. The minimum Gasteiger partial charge on any atom is -0.445 e. The number of carbonyl (C=O) groups is 5. The third-order valence-electron chi connectivity index (χ3n) is 12.8. The van der Waals surface area contributed by atoms with E-state index in [0.717, 1.165) is 11.1 Å². The van der Waals surface area contributed by atoms with Gasteiger partial charge in [0.15, 0.2) is 11.6 Å². The highest BCUT2D eigenvalue weighted by molar-refractivity contribution is 5.95. The second-order valence-corrected chi connectivity index (χ2v) is 20.2. The van der Waals surface area contributed by atoms with E-state index in [9.17, 15) is 29.2 Å². The molecule has 4 rings (SSSR count). The van der Waals surface area contributed by atoms with Crippen molar-refractivity contribution >= 4 is 29.5 Å². The van der Waals surface area contributed by atoms with E-state index in [1.165, 1.54) is 11.1 Å². The van der Waals surface area contributed by atoms with Crippen LogP contribution in [0.2, 0.25) is 0 Å². The van der Waals surface area contributed by atoms with Crippen LogP contribution < -0.4 is 10.6 Å². The topological polar surface area (TPSA) is 145 Å². The molecule has 2 fully saturated rings. The number of carbonyl (C=O) groups excluding carboxylic acids is 5. The molecule has 0 aromatic heterocycles. The van der Waals surface area contributed by atoms with Crippen molar-refractivity contribution in [1.82, 2.24) is 20.6 Å². The van der Waals surface area contributed by atoms with Crippen molar-refractivity contribution in [2.75, 3.05) is 13.1 Å². The van der Waals surface area contributed by atoms with Gasteiger partial charge in [-0.15, -0.1) is 0 Å². The number of piperidine rings is 1. The van der Waals surface area contributed by atoms with E-state index < -0.39 is 47.0 Å². The standard InChI is InChI=1S/C51H75FN4O7/c1-34(2)26-36(5)42(52)29-40(27-37-18-12-10-13-19-37)48(60)55-25-17-23-44(55)46(58)30-41(35(3)4)47(59)54-43(22-16-24-53-49(61)63-33-38-20-14-11-15-21-38)45(57)28-39-31-50(6,7)56(62)51(8,9)32-39/h10-15,18-21,29,34-36,39-41,43-44,62H,16-17,22-28,30-33H2,1-9H3,(H,53,61)(H,54,59)/b42-29-/t36-,40-,41-,43?,44-/m0/s1. The predicted octanol–water partition coefficient (Wildman–Crippen LogP) is 9.41. The number of halogens is 1. The van der Waals surface area contributed by atoms with Crippen LogP contribution in [-0.4, -0.2) is 80.9 Å². The molecule has 2 aliphatic rings. The Morgan fingerprint density at radius 1 is 0.905 bits per heavy atom. The summed E-state index contributed by atoms with van der Waals surface area (Å²) in [5.41, 5.74) is 0.620. The summed E-state index contributed by atoms with van der Waals surface area (Å²) in [6.45, 7) is 18.1. The molecule has 2 aromatic carbocycles. The molecular formula is C51H75FN4O7. The van der Waals surface area contributed by atoms with E-state index in [1.54, 1.807) is 4.90 Å². The van der Waals surface area contributed by atoms with Crippen molar-refractivity contribution in [3.8, 4) is 0 Å². The molecule has 0 spiro atoms. The lowest BCUT2D eigenvalue weighted by Gasteiger charge is -2.51.